The van der Waals surface area contributed by atoms with Gasteiger partial charge in [0, 0.05) is 25.3 Å². The molecular formula is C17H23N3O3. The Bertz CT molecular complexity index is 613. The number of likely N-dealkylation sites (N-methyl/N-ethyl adjacent to an activating group) is 1. The van der Waals surface area contributed by atoms with Crippen molar-refractivity contribution in [3.8, 4) is 0 Å². The molecule has 0 atom stereocenters. The summed E-state index contributed by atoms with van der Waals surface area (Å²) in [7, 11) is 0. The minimum Gasteiger partial charge on any atom is -0.333 e. The van der Waals surface area contributed by atoms with E-state index in [2.05, 4.69) is 19.2 Å². The highest BCUT2D eigenvalue weighted by Gasteiger charge is 2.32. The SMILES string of the molecule is CCN1CCN(CC(=O)Nc2cccc(C(C)C)c2)C(=O)C1=O. The van der Waals surface area contributed by atoms with Crippen molar-refractivity contribution in [1.29, 1.82) is 0 Å². The second-order valence-corrected chi connectivity index (χ2v) is 5.94. The van der Waals surface area contributed by atoms with Crippen LogP contribution in [0.25, 0.3) is 0 Å². The van der Waals surface area contributed by atoms with Gasteiger partial charge in [0.2, 0.25) is 5.91 Å². The number of carbonyl (C=O) groups is 3. The van der Waals surface area contributed by atoms with Gasteiger partial charge in [0.25, 0.3) is 0 Å². The van der Waals surface area contributed by atoms with Crippen LogP contribution in [-0.4, -0.2) is 53.7 Å². The van der Waals surface area contributed by atoms with Crippen molar-refractivity contribution in [3.63, 3.8) is 0 Å². The monoisotopic (exact) mass is 317 g/mol. The number of hydrogen-bond acceptors (Lipinski definition) is 3. The lowest BCUT2D eigenvalue weighted by Gasteiger charge is -2.32. The van der Waals surface area contributed by atoms with Crippen LogP contribution in [0.3, 0.4) is 0 Å². The Morgan fingerprint density at radius 3 is 2.48 bits per heavy atom. The molecule has 1 N–H and O–H groups in total. The van der Waals surface area contributed by atoms with Crippen molar-refractivity contribution in [1.82, 2.24) is 9.80 Å². The van der Waals surface area contributed by atoms with Gasteiger partial charge in [-0.05, 0) is 30.5 Å². The van der Waals surface area contributed by atoms with Crippen LogP contribution in [0.4, 0.5) is 5.69 Å². The van der Waals surface area contributed by atoms with Crippen molar-refractivity contribution in [2.75, 3.05) is 31.5 Å². The van der Waals surface area contributed by atoms with E-state index in [0.29, 0.717) is 31.2 Å². The van der Waals surface area contributed by atoms with Crippen LogP contribution in [0.5, 0.6) is 0 Å². The highest BCUT2D eigenvalue weighted by Crippen LogP contribution is 2.18. The molecule has 2 rings (SSSR count). The molecule has 6 nitrogen and oxygen atoms in total. The van der Waals surface area contributed by atoms with Gasteiger partial charge in [0.15, 0.2) is 0 Å². The Kier molecular flexibility index (Phi) is 5.36. The molecule has 1 aromatic carbocycles. The zero-order valence-corrected chi connectivity index (χ0v) is 13.8. The van der Waals surface area contributed by atoms with Crippen molar-refractivity contribution in [2.45, 2.75) is 26.7 Å². The second kappa shape index (κ2) is 7.26. The van der Waals surface area contributed by atoms with Gasteiger partial charge in [0.05, 0.1) is 0 Å². The first-order valence-electron chi connectivity index (χ1n) is 7.90. The fraction of sp³-hybridized carbons (Fsp3) is 0.471. The number of amides is 3. The van der Waals surface area contributed by atoms with Crippen molar-refractivity contribution in [2.24, 2.45) is 0 Å². The van der Waals surface area contributed by atoms with Crippen LogP contribution < -0.4 is 5.32 Å². The molecule has 0 bridgehead atoms. The first-order chi connectivity index (χ1) is 10.9. The smallest absolute Gasteiger partial charge is 0.312 e. The molecule has 0 aromatic heterocycles. The third-order valence-electron chi connectivity index (χ3n) is 3.95. The largest absolute Gasteiger partial charge is 0.333 e. The molecule has 1 aliphatic rings. The lowest BCUT2D eigenvalue weighted by atomic mass is 10.0. The standard InChI is InChI=1S/C17H23N3O3/c1-4-19-8-9-20(17(23)16(19)22)11-15(21)18-14-7-5-6-13(10-14)12(2)3/h5-7,10,12H,4,8-9,11H2,1-3H3,(H,18,21). The van der Waals surface area contributed by atoms with E-state index in [0.717, 1.165) is 5.56 Å². The molecule has 3 amide bonds. The molecule has 0 radical (unpaired) electrons. The molecule has 1 aromatic rings. The Morgan fingerprint density at radius 1 is 1.17 bits per heavy atom. The topological polar surface area (TPSA) is 69.7 Å². The van der Waals surface area contributed by atoms with E-state index < -0.39 is 11.8 Å². The number of piperazine rings is 1. The minimum absolute atomic E-state index is 0.103. The fourth-order valence-corrected chi connectivity index (χ4v) is 2.52. The molecule has 1 heterocycles. The number of rotatable bonds is 5. The van der Waals surface area contributed by atoms with Crippen LogP contribution in [-0.2, 0) is 14.4 Å². The van der Waals surface area contributed by atoms with Gasteiger partial charge in [-0.2, -0.15) is 0 Å². The van der Waals surface area contributed by atoms with E-state index in [-0.39, 0.29) is 12.5 Å². The van der Waals surface area contributed by atoms with E-state index in [9.17, 15) is 14.4 Å². The molecule has 0 unspecified atom stereocenters. The molecule has 124 valence electrons. The van der Waals surface area contributed by atoms with Crippen LogP contribution in [0, 0.1) is 0 Å². The predicted molar refractivity (Wildman–Crippen MR) is 88.0 cm³/mol. The maximum Gasteiger partial charge on any atom is 0.312 e. The second-order valence-electron chi connectivity index (χ2n) is 5.94. The lowest BCUT2D eigenvalue weighted by molar-refractivity contribution is -0.156. The number of benzene rings is 1. The van der Waals surface area contributed by atoms with E-state index in [1.165, 1.54) is 9.80 Å². The summed E-state index contributed by atoms with van der Waals surface area (Å²) in [4.78, 5) is 38.7. The Morgan fingerprint density at radius 2 is 1.83 bits per heavy atom. The van der Waals surface area contributed by atoms with Gasteiger partial charge in [-0.25, -0.2) is 0 Å². The summed E-state index contributed by atoms with van der Waals surface area (Å²) in [6.07, 6.45) is 0. The first-order valence-corrected chi connectivity index (χ1v) is 7.90. The highest BCUT2D eigenvalue weighted by molar-refractivity contribution is 6.35. The zero-order valence-electron chi connectivity index (χ0n) is 13.8. The number of carbonyl (C=O) groups excluding carboxylic acids is 3. The van der Waals surface area contributed by atoms with Crippen molar-refractivity contribution >= 4 is 23.4 Å². The third-order valence-corrected chi connectivity index (χ3v) is 3.95. The van der Waals surface area contributed by atoms with Gasteiger partial charge < -0.3 is 15.1 Å². The van der Waals surface area contributed by atoms with E-state index in [1.54, 1.807) is 0 Å². The van der Waals surface area contributed by atoms with Gasteiger partial charge in [-0.1, -0.05) is 26.0 Å². The highest BCUT2D eigenvalue weighted by atomic mass is 16.2. The van der Waals surface area contributed by atoms with Crippen LogP contribution in [0.1, 0.15) is 32.3 Å². The minimum atomic E-state index is -0.607. The fourth-order valence-electron chi connectivity index (χ4n) is 2.52. The summed E-state index contributed by atoms with van der Waals surface area (Å²) in [5.74, 6) is -1.07. The molecule has 23 heavy (non-hydrogen) atoms. The Hall–Kier alpha value is -2.37. The molecule has 0 spiro atoms. The molecule has 6 heteroatoms. The molecule has 1 aliphatic heterocycles. The summed E-state index contributed by atoms with van der Waals surface area (Å²) < 4.78 is 0. The maximum absolute atomic E-state index is 12.1. The van der Waals surface area contributed by atoms with Crippen molar-refractivity contribution < 1.29 is 14.4 Å². The number of hydrogen-bond donors (Lipinski definition) is 1. The predicted octanol–water partition coefficient (Wildman–Crippen LogP) is 1.44. The van der Waals surface area contributed by atoms with Gasteiger partial charge >= 0.3 is 11.8 Å². The normalized spacial score (nSPS) is 15.3. The lowest BCUT2D eigenvalue weighted by Crippen LogP contribution is -2.55. The molecular weight excluding hydrogens is 294 g/mol. The number of anilines is 1. The molecule has 0 saturated carbocycles. The Balaban J connectivity index is 1.96. The van der Waals surface area contributed by atoms with Gasteiger partial charge in [-0.3, -0.25) is 14.4 Å². The zero-order chi connectivity index (χ0) is 17.0. The van der Waals surface area contributed by atoms with E-state index >= 15 is 0 Å². The van der Waals surface area contributed by atoms with E-state index in [4.69, 9.17) is 0 Å². The molecule has 1 fully saturated rings. The molecule has 0 aliphatic carbocycles. The number of nitrogens with zero attached hydrogens (tertiary/aromatic N) is 2. The first kappa shape index (κ1) is 17.0. The third kappa shape index (κ3) is 4.09. The number of nitrogens with one attached hydrogen (secondary N) is 1. The quantitative estimate of drug-likeness (QED) is 0.836. The molecule has 1 saturated heterocycles. The van der Waals surface area contributed by atoms with E-state index in [1.807, 2.05) is 31.2 Å². The average molecular weight is 317 g/mol. The van der Waals surface area contributed by atoms with Crippen LogP contribution in [0.2, 0.25) is 0 Å². The average Bonchev–Trinajstić information content (AvgIpc) is 2.52. The van der Waals surface area contributed by atoms with Gasteiger partial charge in [-0.15, -0.1) is 0 Å². The Labute approximate surface area is 136 Å². The summed E-state index contributed by atoms with van der Waals surface area (Å²) >= 11 is 0. The summed E-state index contributed by atoms with van der Waals surface area (Å²) in [6, 6.07) is 7.63. The van der Waals surface area contributed by atoms with Crippen LogP contribution in [0.15, 0.2) is 24.3 Å². The van der Waals surface area contributed by atoms with Crippen molar-refractivity contribution in [3.05, 3.63) is 29.8 Å². The van der Waals surface area contributed by atoms with Gasteiger partial charge in [0.1, 0.15) is 6.54 Å². The summed E-state index contributed by atoms with van der Waals surface area (Å²) in [5.41, 5.74) is 1.83. The summed E-state index contributed by atoms with van der Waals surface area (Å²) in [6.45, 7) is 7.25. The van der Waals surface area contributed by atoms with Crippen LogP contribution >= 0.6 is 0 Å². The maximum atomic E-state index is 12.1. The summed E-state index contributed by atoms with van der Waals surface area (Å²) in [5, 5.41) is 2.79.